The molecular formula is C32H28Cl2O2. The molecule has 1 fully saturated rings. The van der Waals surface area contributed by atoms with E-state index in [1.807, 2.05) is 111 Å². The maximum absolute atomic E-state index is 14.3. The van der Waals surface area contributed by atoms with Crippen molar-refractivity contribution < 1.29 is 9.90 Å². The van der Waals surface area contributed by atoms with Gasteiger partial charge in [0.15, 0.2) is 5.78 Å². The molecule has 0 heterocycles. The molecule has 0 bridgehead atoms. The Bertz CT molecular complexity index is 1360. The molecule has 1 aliphatic carbocycles. The smallest absolute Gasteiger partial charge is 0.169 e. The first kappa shape index (κ1) is 24.8. The number of benzene rings is 4. The van der Waals surface area contributed by atoms with Crippen molar-refractivity contribution in [3.05, 3.63) is 140 Å². The molecule has 0 spiro atoms. The average molecular weight is 515 g/mol. The second-order valence-electron chi connectivity index (χ2n) is 9.94. The van der Waals surface area contributed by atoms with Crippen LogP contribution in [0.25, 0.3) is 0 Å². The Hall–Kier alpha value is -2.91. The Kier molecular flexibility index (Phi) is 6.78. The summed E-state index contributed by atoms with van der Waals surface area (Å²) in [6.07, 6.45) is 0.410. The molecule has 5 rings (SSSR count). The molecule has 36 heavy (non-hydrogen) atoms. The normalized spacial score (nSPS) is 23.5. The molecule has 1 N–H and O–H groups in total. The monoisotopic (exact) mass is 514 g/mol. The average Bonchev–Trinajstić information content (AvgIpc) is 3.19. The van der Waals surface area contributed by atoms with Gasteiger partial charge in [0.2, 0.25) is 0 Å². The predicted molar refractivity (Wildman–Crippen MR) is 147 cm³/mol. The summed E-state index contributed by atoms with van der Waals surface area (Å²) in [6, 6.07) is 30.9. The zero-order chi connectivity index (χ0) is 25.4. The van der Waals surface area contributed by atoms with Crippen molar-refractivity contribution in [2.24, 2.45) is 5.92 Å². The molecule has 182 valence electrons. The summed E-state index contributed by atoms with van der Waals surface area (Å²) >= 11 is 12.4. The summed E-state index contributed by atoms with van der Waals surface area (Å²) in [7, 11) is 0. The lowest BCUT2D eigenvalue weighted by Crippen LogP contribution is -2.38. The van der Waals surface area contributed by atoms with Crippen molar-refractivity contribution in [1.82, 2.24) is 0 Å². The number of Topliss-reactive ketones (excluding diaryl/α,β-unsaturated/α-hetero) is 1. The SMILES string of the molecule is Cc1ccc(C(=O)C2C(c3ccc(Cl)cc3)C(c3ccc(Cl)cc3)CC2(O)c2ccc(C)cc2)cc1. The number of hydrogen-bond acceptors (Lipinski definition) is 2. The van der Waals surface area contributed by atoms with Crippen molar-refractivity contribution in [2.75, 3.05) is 0 Å². The van der Waals surface area contributed by atoms with Crippen LogP contribution in [0, 0.1) is 19.8 Å². The molecule has 2 nitrogen and oxygen atoms in total. The molecular weight excluding hydrogens is 487 g/mol. The minimum absolute atomic E-state index is 0.0607. The van der Waals surface area contributed by atoms with E-state index in [0.717, 1.165) is 27.8 Å². The molecule has 1 saturated carbocycles. The minimum atomic E-state index is -1.36. The van der Waals surface area contributed by atoms with E-state index in [9.17, 15) is 9.90 Å². The molecule has 1 aliphatic rings. The molecule has 4 atom stereocenters. The Labute approximate surface area is 222 Å². The van der Waals surface area contributed by atoms with E-state index in [2.05, 4.69) is 0 Å². The highest BCUT2D eigenvalue weighted by Gasteiger charge is 2.57. The summed E-state index contributed by atoms with van der Waals surface area (Å²) in [6.45, 7) is 4.02. The van der Waals surface area contributed by atoms with Gasteiger partial charge in [0.1, 0.15) is 5.60 Å². The number of halogens is 2. The fourth-order valence-corrected chi connectivity index (χ4v) is 5.93. The van der Waals surface area contributed by atoms with Crippen LogP contribution in [0.4, 0.5) is 0 Å². The summed E-state index contributed by atoms with van der Waals surface area (Å²) in [5.41, 5.74) is 4.22. The largest absolute Gasteiger partial charge is 0.384 e. The summed E-state index contributed by atoms with van der Waals surface area (Å²) in [4.78, 5) is 14.3. The highest BCUT2D eigenvalue weighted by Crippen LogP contribution is 2.59. The van der Waals surface area contributed by atoms with E-state index in [0.29, 0.717) is 22.0 Å². The van der Waals surface area contributed by atoms with Gasteiger partial charge >= 0.3 is 0 Å². The van der Waals surface area contributed by atoms with E-state index in [-0.39, 0.29) is 17.6 Å². The topological polar surface area (TPSA) is 37.3 Å². The maximum atomic E-state index is 14.3. The summed E-state index contributed by atoms with van der Waals surface area (Å²) < 4.78 is 0. The van der Waals surface area contributed by atoms with Crippen LogP contribution in [0.5, 0.6) is 0 Å². The minimum Gasteiger partial charge on any atom is -0.384 e. The Balaban J connectivity index is 1.72. The van der Waals surface area contributed by atoms with Crippen molar-refractivity contribution in [3.8, 4) is 0 Å². The lowest BCUT2D eigenvalue weighted by molar-refractivity contribution is -0.000259. The third-order valence-electron chi connectivity index (χ3n) is 7.56. The number of rotatable bonds is 5. The van der Waals surface area contributed by atoms with Crippen molar-refractivity contribution in [3.63, 3.8) is 0 Å². The second kappa shape index (κ2) is 9.86. The van der Waals surface area contributed by atoms with Gasteiger partial charge in [-0.05, 0) is 67.1 Å². The molecule has 4 aromatic rings. The van der Waals surface area contributed by atoms with Gasteiger partial charge in [-0.25, -0.2) is 0 Å². The highest BCUT2D eigenvalue weighted by atomic mass is 35.5. The zero-order valence-electron chi connectivity index (χ0n) is 20.3. The van der Waals surface area contributed by atoms with Gasteiger partial charge in [-0.3, -0.25) is 4.79 Å². The van der Waals surface area contributed by atoms with Crippen LogP contribution in [-0.4, -0.2) is 10.9 Å². The van der Waals surface area contributed by atoms with Crippen LogP contribution >= 0.6 is 23.2 Å². The first-order valence-corrected chi connectivity index (χ1v) is 12.9. The molecule has 0 amide bonds. The number of ketones is 1. The van der Waals surface area contributed by atoms with E-state index in [4.69, 9.17) is 23.2 Å². The van der Waals surface area contributed by atoms with Crippen molar-refractivity contribution in [1.29, 1.82) is 0 Å². The molecule has 4 aromatic carbocycles. The highest BCUT2D eigenvalue weighted by molar-refractivity contribution is 6.30. The predicted octanol–water partition coefficient (Wildman–Crippen LogP) is 8.27. The summed E-state index contributed by atoms with van der Waals surface area (Å²) in [5.74, 6) is -1.11. The van der Waals surface area contributed by atoms with Crippen molar-refractivity contribution in [2.45, 2.75) is 37.7 Å². The lowest BCUT2D eigenvalue weighted by Gasteiger charge is -2.33. The molecule has 0 aliphatic heterocycles. The molecule has 0 aromatic heterocycles. The van der Waals surface area contributed by atoms with Crippen LogP contribution in [-0.2, 0) is 5.60 Å². The van der Waals surface area contributed by atoms with Gasteiger partial charge < -0.3 is 5.11 Å². The standard InChI is InChI=1S/C32H28Cl2O2/c1-20-3-7-24(8-4-20)31(35)30-29(23-11-17-27(34)18-12-23)28(22-9-15-26(33)16-10-22)19-32(30,36)25-13-5-21(2)6-14-25/h3-18,28-30,36H,19H2,1-2H3. The number of hydrogen-bond donors (Lipinski definition) is 1. The first-order valence-electron chi connectivity index (χ1n) is 12.2. The van der Waals surface area contributed by atoms with E-state index >= 15 is 0 Å². The zero-order valence-corrected chi connectivity index (χ0v) is 21.8. The van der Waals surface area contributed by atoms with Crippen LogP contribution in [0.2, 0.25) is 10.0 Å². The second-order valence-corrected chi connectivity index (χ2v) is 10.8. The van der Waals surface area contributed by atoms with Crippen LogP contribution in [0.3, 0.4) is 0 Å². The number of carbonyl (C=O) groups excluding carboxylic acids is 1. The Morgan fingerprint density at radius 1 is 0.722 bits per heavy atom. The molecule has 4 heteroatoms. The van der Waals surface area contributed by atoms with E-state index in [1.54, 1.807) is 0 Å². The van der Waals surface area contributed by atoms with Gasteiger partial charge in [0.25, 0.3) is 0 Å². The van der Waals surface area contributed by atoms with Gasteiger partial charge in [-0.15, -0.1) is 0 Å². The molecule has 4 unspecified atom stereocenters. The van der Waals surface area contributed by atoms with E-state index < -0.39 is 11.5 Å². The summed E-state index contributed by atoms with van der Waals surface area (Å²) in [5, 5.41) is 13.8. The van der Waals surface area contributed by atoms with Crippen LogP contribution in [0.1, 0.15) is 56.4 Å². The lowest BCUT2D eigenvalue weighted by atomic mass is 9.73. The molecule has 0 saturated heterocycles. The Morgan fingerprint density at radius 2 is 1.19 bits per heavy atom. The third-order valence-corrected chi connectivity index (χ3v) is 8.07. The van der Waals surface area contributed by atoms with Crippen LogP contribution in [0.15, 0.2) is 97.1 Å². The van der Waals surface area contributed by atoms with Gasteiger partial charge in [0, 0.05) is 21.5 Å². The fraction of sp³-hybridized carbons (Fsp3) is 0.219. The van der Waals surface area contributed by atoms with Crippen molar-refractivity contribution >= 4 is 29.0 Å². The molecule has 0 radical (unpaired) electrons. The van der Waals surface area contributed by atoms with Gasteiger partial charge in [0.05, 0.1) is 5.92 Å². The fourth-order valence-electron chi connectivity index (χ4n) is 5.68. The Morgan fingerprint density at radius 3 is 1.72 bits per heavy atom. The number of aryl methyl sites for hydroxylation is 2. The first-order chi connectivity index (χ1) is 17.3. The van der Waals surface area contributed by atoms with E-state index in [1.165, 1.54) is 0 Å². The number of carbonyl (C=O) groups is 1. The van der Waals surface area contributed by atoms with Crippen LogP contribution < -0.4 is 0 Å². The number of aliphatic hydroxyl groups is 1. The van der Waals surface area contributed by atoms with Gasteiger partial charge in [-0.2, -0.15) is 0 Å². The quantitative estimate of drug-likeness (QED) is 0.272. The van der Waals surface area contributed by atoms with Gasteiger partial charge in [-0.1, -0.05) is 107 Å². The maximum Gasteiger partial charge on any atom is 0.169 e. The third kappa shape index (κ3) is 4.62.